The third-order valence-electron chi connectivity index (χ3n) is 3.92. The minimum absolute atomic E-state index is 0.146. The minimum atomic E-state index is 0.146. The van der Waals surface area contributed by atoms with Gasteiger partial charge in [-0.25, -0.2) is 0 Å². The monoisotopic (exact) mass is 278 g/mol. The van der Waals surface area contributed by atoms with Crippen molar-refractivity contribution in [3.05, 3.63) is 29.8 Å². The van der Waals surface area contributed by atoms with Crippen LogP contribution in [0, 0.1) is 0 Å². The number of benzene rings is 1. The average Bonchev–Trinajstić information content (AvgIpc) is 2.47. The van der Waals surface area contributed by atoms with Crippen molar-refractivity contribution in [2.75, 3.05) is 33.9 Å². The molecule has 1 saturated heterocycles. The molecule has 20 heavy (non-hydrogen) atoms. The molecule has 0 bridgehead atoms. The van der Waals surface area contributed by atoms with Gasteiger partial charge in [0, 0.05) is 24.7 Å². The zero-order chi connectivity index (χ0) is 14.5. The smallest absolute Gasteiger partial charge is 0.123 e. The molecular formula is C16H26N2O2. The van der Waals surface area contributed by atoms with E-state index in [1.807, 2.05) is 19.2 Å². The van der Waals surface area contributed by atoms with Crippen LogP contribution in [0.3, 0.4) is 0 Å². The molecule has 1 aliphatic rings. The Morgan fingerprint density at radius 2 is 2.15 bits per heavy atom. The molecule has 0 radical (unpaired) electrons. The summed E-state index contributed by atoms with van der Waals surface area (Å²) in [4.78, 5) is 2.50. The highest BCUT2D eigenvalue weighted by Crippen LogP contribution is 2.36. The second-order valence-corrected chi connectivity index (χ2v) is 5.49. The van der Waals surface area contributed by atoms with E-state index in [1.165, 1.54) is 5.56 Å². The number of nitrogens with one attached hydrogen (secondary N) is 1. The van der Waals surface area contributed by atoms with Crippen LogP contribution in [0.4, 0.5) is 0 Å². The zero-order valence-corrected chi connectivity index (χ0v) is 12.9. The summed E-state index contributed by atoms with van der Waals surface area (Å²) in [5.41, 5.74) is 1.21. The maximum atomic E-state index is 6.01. The number of ether oxygens (including phenoxy) is 2. The lowest BCUT2D eigenvalue weighted by atomic mass is 9.95. The Balaban J connectivity index is 2.38. The number of nitrogens with zero attached hydrogens (tertiary/aromatic N) is 1. The van der Waals surface area contributed by atoms with Gasteiger partial charge in [-0.15, -0.1) is 0 Å². The summed E-state index contributed by atoms with van der Waals surface area (Å²) in [5, 5.41) is 3.24. The molecule has 0 aliphatic carbocycles. The Morgan fingerprint density at radius 3 is 2.80 bits per heavy atom. The molecule has 1 fully saturated rings. The van der Waals surface area contributed by atoms with Crippen LogP contribution in [0.1, 0.15) is 25.5 Å². The van der Waals surface area contributed by atoms with Gasteiger partial charge >= 0.3 is 0 Å². The first-order valence-corrected chi connectivity index (χ1v) is 7.34. The van der Waals surface area contributed by atoms with Gasteiger partial charge in [0.25, 0.3) is 0 Å². The molecule has 0 spiro atoms. The van der Waals surface area contributed by atoms with E-state index in [2.05, 4.69) is 36.2 Å². The van der Waals surface area contributed by atoms with Gasteiger partial charge in [-0.3, -0.25) is 4.90 Å². The molecule has 2 atom stereocenters. The van der Waals surface area contributed by atoms with Gasteiger partial charge < -0.3 is 14.8 Å². The van der Waals surface area contributed by atoms with E-state index in [0.717, 1.165) is 25.4 Å². The van der Waals surface area contributed by atoms with Crippen LogP contribution in [0.25, 0.3) is 0 Å². The Labute approximate surface area is 122 Å². The molecule has 1 N–H and O–H groups in total. The predicted molar refractivity (Wildman–Crippen MR) is 81.2 cm³/mol. The van der Waals surface area contributed by atoms with Crippen molar-refractivity contribution in [1.29, 1.82) is 0 Å². The van der Waals surface area contributed by atoms with Crippen molar-refractivity contribution in [3.8, 4) is 5.75 Å². The normalized spacial score (nSPS) is 24.1. The highest BCUT2D eigenvalue weighted by molar-refractivity contribution is 5.37. The number of para-hydroxylation sites is 1. The molecule has 2 unspecified atom stereocenters. The molecule has 0 aromatic heterocycles. The van der Waals surface area contributed by atoms with E-state index in [9.17, 15) is 0 Å². The topological polar surface area (TPSA) is 33.7 Å². The zero-order valence-electron chi connectivity index (χ0n) is 12.9. The molecule has 112 valence electrons. The Morgan fingerprint density at radius 1 is 1.40 bits per heavy atom. The molecule has 4 nitrogen and oxygen atoms in total. The summed E-state index contributed by atoms with van der Waals surface area (Å²) in [7, 11) is 3.70. The van der Waals surface area contributed by atoms with Gasteiger partial charge in [0.05, 0.1) is 25.9 Å². The van der Waals surface area contributed by atoms with E-state index >= 15 is 0 Å². The molecule has 1 aromatic carbocycles. The standard InChI is InChI=1S/C16H26N2O2/c1-12(2)18-9-10-20-15(11-17-3)16(18)13-7-5-6-8-14(13)19-4/h5-8,12,15-17H,9-11H2,1-4H3. The van der Waals surface area contributed by atoms with Crippen LogP contribution >= 0.6 is 0 Å². The number of hydrogen-bond acceptors (Lipinski definition) is 4. The highest BCUT2D eigenvalue weighted by Gasteiger charge is 2.35. The summed E-state index contributed by atoms with van der Waals surface area (Å²) in [6.45, 7) is 7.07. The lowest BCUT2D eigenvalue weighted by Crippen LogP contribution is -2.51. The number of methoxy groups -OCH3 is 1. The summed E-state index contributed by atoms with van der Waals surface area (Å²) < 4.78 is 11.6. The van der Waals surface area contributed by atoms with Gasteiger partial charge in [0.15, 0.2) is 0 Å². The Kier molecular flexibility index (Phi) is 5.40. The molecule has 0 saturated carbocycles. The fourth-order valence-corrected chi connectivity index (χ4v) is 2.99. The fraction of sp³-hybridized carbons (Fsp3) is 0.625. The lowest BCUT2D eigenvalue weighted by Gasteiger charge is -2.44. The fourth-order valence-electron chi connectivity index (χ4n) is 2.99. The lowest BCUT2D eigenvalue weighted by molar-refractivity contribution is -0.0820. The quantitative estimate of drug-likeness (QED) is 0.894. The van der Waals surface area contributed by atoms with Crippen molar-refractivity contribution in [2.24, 2.45) is 0 Å². The molecule has 4 heteroatoms. The van der Waals surface area contributed by atoms with Gasteiger partial charge in [-0.2, -0.15) is 0 Å². The van der Waals surface area contributed by atoms with Gasteiger partial charge in [-0.05, 0) is 27.0 Å². The van der Waals surface area contributed by atoms with Gasteiger partial charge in [0.1, 0.15) is 5.75 Å². The SMILES string of the molecule is CNCC1OCCN(C(C)C)C1c1ccccc1OC. The van der Waals surface area contributed by atoms with Crippen LogP contribution in [0.15, 0.2) is 24.3 Å². The van der Waals surface area contributed by atoms with Crippen LogP contribution < -0.4 is 10.1 Å². The van der Waals surface area contributed by atoms with Crippen LogP contribution in [0.5, 0.6) is 5.75 Å². The first-order chi connectivity index (χ1) is 9.69. The van der Waals surface area contributed by atoms with Crippen molar-refractivity contribution < 1.29 is 9.47 Å². The summed E-state index contributed by atoms with van der Waals surface area (Å²) in [5.74, 6) is 0.940. The van der Waals surface area contributed by atoms with Crippen molar-refractivity contribution in [1.82, 2.24) is 10.2 Å². The van der Waals surface area contributed by atoms with Crippen molar-refractivity contribution in [3.63, 3.8) is 0 Å². The Hall–Kier alpha value is -1.10. The van der Waals surface area contributed by atoms with Crippen LogP contribution in [-0.2, 0) is 4.74 Å². The third-order valence-corrected chi connectivity index (χ3v) is 3.92. The minimum Gasteiger partial charge on any atom is -0.496 e. The molecule has 1 heterocycles. The van der Waals surface area contributed by atoms with E-state index in [4.69, 9.17) is 9.47 Å². The predicted octanol–water partition coefficient (Wildman–Crippen LogP) is 2.06. The van der Waals surface area contributed by atoms with Crippen LogP contribution in [0.2, 0.25) is 0 Å². The van der Waals surface area contributed by atoms with Crippen molar-refractivity contribution in [2.45, 2.75) is 32.0 Å². The second-order valence-electron chi connectivity index (χ2n) is 5.49. The third kappa shape index (κ3) is 3.14. The number of likely N-dealkylation sites (N-methyl/N-ethyl adjacent to an activating group) is 1. The summed E-state index contributed by atoms with van der Waals surface area (Å²) >= 11 is 0. The molecule has 1 aromatic rings. The molecule has 0 amide bonds. The number of rotatable bonds is 5. The van der Waals surface area contributed by atoms with Gasteiger partial charge in [0.2, 0.25) is 0 Å². The first-order valence-electron chi connectivity index (χ1n) is 7.34. The highest BCUT2D eigenvalue weighted by atomic mass is 16.5. The first kappa shape index (κ1) is 15.3. The number of morpholine rings is 1. The van der Waals surface area contributed by atoms with E-state index in [-0.39, 0.29) is 12.1 Å². The maximum absolute atomic E-state index is 6.01. The summed E-state index contributed by atoms with van der Waals surface area (Å²) in [6.07, 6.45) is 0.146. The summed E-state index contributed by atoms with van der Waals surface area (Å²) in [6, 6.07) is 8.97. The van der Waals surface area contributed by atoms with E-state index in [0.29, 0.717) is 6.04 Å². The second kappa shape index (κ2) is 7.07. The largest absolute Gasteiger partial charge is 0.496 e. The number of hydrogen-bond donors (Lipinski definition) is 1. The molecule has 1 aliphatic heterocycles. The van der Waals surface area contributed by atoms with E-state index in [1.54, 1.807) is 7.11 Å². The van der Waals surface area contributed by atoms with Gasteiger partial charge in [-0.1, -0.05) is 18.2 Å². The van der Waals surface area contributed by atoms with Crippen LogP contribution in [-0.4, -0.2) is 50.9 Å². The Bertz CT molecular complexity index is 421. The molecular weight excluding hydrogens is 252 g/mol. The average molecular weight is 278 g/mol. The molecule has 2 rings (SSSR count). The maximum Gasteiger partial charge on any atom is 0.123 e. The van der Waals surface area contributed by atoms with Crippen molar-refractivity contribution >= 4 is 0 Å². The van der Waals surface area contributed by atoms with E-state index < -0.39 is 0 Å².